The monoisotopic (exact) mass is 173 g/mol. The zero-order valence-electron chi connectivity index (χ0n) is 7.33. The van der Waals surface area contributed by atoms with E-state index in [1.165, 1.54) is 12.8 Å². The number of nitriles is 1. The topological polar surface area (TPSA) is 44.0 Å². The summed E-state index contributed by atoms with van der Waals surface area (Å²) < 4.78 is 0. The van der Waals surface area contributed by atoms with E-state index in [2.05, 4.69) is 6.07 Å². The third kappa shape index (κ3) is 1.56. The fourth-order valence-electron chi connectivity index (χ4n) is 1.55. The number of hydrogen-bond donors (Lipinski definition) is 1. The molecule has 66 valence electrons. The summed E-state index contributed by atoms with van der Waals surface area (Å²) in [5.74, 6) is 0.599. The van der Waals surface area contributed by atoms with E-state index < -0.39 is 0 Å². The molecule has 1 saturated carbocycles. The van der Waals surface area contributed by atoms with Crippen molar-refractivity contribution in [3.8, 4) is 6.07 Å². The van der Waals surface area contributed by atoms with Crippen LogP contribution in [0.1, 0.15) is 35.4 Å². The molecule has 0 saturated heterocycles. The Kier molecular flexibility index (Phi) is 2.03. The van der Waals surface area contributed by atoms with Crippen LogP contribution in [-0.2, 0) is 6.61 Å². The molecule has 1 fully saturated rings. The molecule has 0 aromatic heterocycles. The minimum atomic E-state index is 0.0135. The first-order valence-corrected chi connectivity index (χ1v) is 4.49. The Labute approximate surface area is 77.4 Å². The summed E-state index contributed by atoms with van der Waals surface area (Å²) in [6.07, 6.45) is 2.40. The maximum absolute atomic E-state index is 8.89. The van der Waals surface area contributed by atoms with E-state index in [1.54, 1.807) is 6.07 Å². The highest BCUT2D eigenvalue weighted by molar-refractivity contribution is 5.44. The van der Waals surface area contributed by atoms with Gasteiger partial charge in [-0.3, -0.25) is 0 Å². The molecule has 0 spiro atoms. The maximum atomic E-state index is 8.89. The van der Waals surface area contributed by atoms with Crippen molar-refractivity contribution in [1.29, 1.82) is 5.26 Å². The van der Waals surface area contributed by atoms with Crippen LogP contribution in [0.5, 0.6) is 0 Å². The number of benzene rings is 1. The van der Waals surface area contributed by atoms with Crippen LogP contribution in [0.15, 0.2) is 18.2 Å². The molecule has 1 aliphatic carbocycles. The fourth-order valence-corrected chi connectivity index (χ4v) is 1.55. The van der Waals surface area contributed by atoms with E-state index in [1.807, 2.05) is 12.1 Å². The average molecular weight is 173 g/mol. The van der Waals surface area contributed by atoms with E-state index in [0.717, 1.165) is 16.7 Å². The third-order valence-corrected chi connectivity index (χ3v) is 2.44. The van der Waals surface area contributed by atoms with Gasteiger partial charge in [0, 0.05) is 0 Å². The summed E-state index contributed by atoms with van der Waals surface area (Å²) >= 11 is 0. The molecular weight excluding hydrogens is 162 g/mol. The molecule has 0 bridgehead atoms. The molecule has 0 aliphatic heterocycles. The van der Waals surface area contributed by atoms with Crippen LogP contribution in [0, 0.1) is 11.3 Å². The zero-order valence-corrected chi connectivity index (χ0v) is 7.33. The minimum Gasteiger partial charge on any atom is -0.392 e. The highest BCUT2D eigenvalue weighted by atomic mass is 16.3. The molecule has 13 heavy (non-hydrogen) atoms. The summed E-state index contributed by atoms with van der Waals surface area (Å²) in [5, 5.41) is 17.8. The molecule has 0 atom stereocenters. The fraction of sp³-hybridized carbons (Fsp3) is 0.364. The largest absolute Gasteiger partial charge is 0.392 e. The van der Waals surface area contributed by atoms with Crippen LogP contribution in [0.4, 0.5) is 0 Å². The van der Waals surface area contributed by atoms with Gasteiger partial charge in [0.15, 0.2) is 0 Å². The molecule has 1 aliphatic rings. The molecule has 2 heteroatoms. The number of hydrogen-bond acceptors (Lipinski definition) is 2. The Morgan fingerprint density at radius 3 is 2.77 bits per heavy atom. The van der Waals surface area contributed by atoms with Gasteiger partial charge in [-0.05, 0) is 36.0 Å². The summed E-state index contributed by atoms with van der Waals surface area (Å²) in [4.78, 5) is 0. The van der Waals surface area contributed by atoms with E-state index in [0.29, 0.717) is 5.92 Å². The first-order valence-electron chi connectivity index (χ1n) is 4.49. The van der Waals surface area contributed by atoms with Crippen LogP contribution in [0.25, 0.3) is 0 Å². The van der Waals surface area contributed by atoms with Crippen LogP contribution in [-0.4, -0.2) is 5.11 Å². The second-order valence-corrected chi connectivity index (χ2v) is 3.47. The van der Waals surface area contributed by atoms with Crippen LogP contribution in [0.3, 0.4) is 0 Å². The number of aliphatic hydroxyl groups is 1. The predicted octanol–water partition coefficient (Wildman–Crippen LogP) is 1.93. The van der Waals surface area contributed by atoms with Crippen molar-refractivity contribution in [1.82, 2.24) is 0 Å². The zero-order chi connectivity index (χ0) is 9.26. The predicted molar refractivity (Wildman–Crippen MR) is 49.1 cm³/mol. The van der Waals surface area contributed by atoms with Gasteiger partial charge in [-0.25, -0.2) is 0 Å². The molecule has 1 aromatic carbocycles. The summed E-state index contributed by atoms with van der Waals surface area (Å²) in [6, 6.07) is 7.84. The van der Waals surface area contributed by atoms with E-state index in [-0.39, 0.29) is 6.61 Å². The van der Waals surface area contributed by atoms with E-state index >= 15 is 0 Å². The Balaban J connectivity index is 2.41. The van der Waals surface area contributed by atoms with Crippen LogP contribution >= 0.6 is 0 Å². The standard InChI is InChI=1S/C11H11NO/c12-6-10-5-8(7-13)1-4-11(10)9-2-3-9/h1,4-5,9,13H,2-3,7H2. The molecule has 0 unspecified atom stereocenters. The number of aliphatic hydroxyl groups excluding tert-OH is 1. The number of nitrogens with zero attached hydrogens (tertiary/aromatic N) is 1. The first-order chi connectivity index (χ1) is 6.35. The van der Waals surface area contributed by atoms with E-state index in [4.69, 9.17) is 10.4 Å². The van der Waals surface area contributed by atoms with Crippen LogP contribution < -0.4 is 0 Å². The Hall–Kier alpha value is -1.33. The lowest BCUT2D eigenvalue weighted by atomic mass is 10.0. The van der Waals surface area contributed by atoms with Crippen molar-refractivity contribution >= 4 is 0 Å². The third-order valence-electron chi connectivity index (χ3n) is 2.44. The van der Waals surface area contributed by atoms with Gasteiger partial charge < -0.3 is 5.11 Å². The van der Waals surface area contributed by atoms with Gasteiger partial charge in [-0.1, -0.05) is 12.1 Å². The normalized spacial score (nSPS) is 15.4. The maximum Gasteiger partial charge on any atom is 0.0994 e. The van der Waals surface area contributed by atoms with Crippen molar-refractivity contribution in [2.45, 2.75) is 25.4 Å². The van der Waals surface area contributed by atoms with Gasteiger partial charge >= 0.3 is 0 Å². The highest BCUT2D eigenvalue weighted by Crippen LogP contribution is 2.41. The smallest absolute Gasteiger partial charge is 0.0994 e. The van der Waals surface area contributed by atoms with Gasteiger partial charge in [0.05, 0.1) is 18.2 Å². The Bertz CT molecular complexity index is 361. The molecule has 0 radical (unpaired) electrons. The van der Waals surface area contributed by atoms with Crippen molar-refractivity contribution in [3.05, 3.63) is 34.9 Å². The van der Waals surface area contributed by atoms with Gasteiger partial charge in [-0.2, -0.15) is 5.26 Å². The molecule has 2 nitrogen and oxygen atoms in total. The average Bonchev–Trinajstić information content (AvgIpc) is 3.00. The van der Waals surface area contributed by atoms with E-state index in [9.17, 15) is 0 Å². The SMILES string of the molecule is N#Cc1cc(CO)ccc1C1CC1. The second-order valence-electron chi connectivity index (χ2n) is 3.47. The van der Waals surface area contributed by atoms with Crippen molar-refractivity contribution in [3.63, 3.8) is 0 Å². The van der Waals surface area contributed by atoms with Crippen molar-refractivity contribution in [2.24, 2.45) is 0 Å². The number of rotatable bonds is 2. The van der Waals surface area contributed by atoms with Crippen molar-refractivity contribution in [2.75, 3.05) is 0 Å². The lowest BCUT2D eigenvalue weighted by molar-refractivity contribution is 0.282. The molecule has 1 N–H and O–H groups in total. The summed E-state index contributed by atoms with van der Waals surface area (Å²) in [5.41, 5.74) is 2.70. The van der Waals surface area contributed by atoms with Gasteiger partial charge in [0.25, 0.3) is 0 Å². The van der Waals surface area contributed by atoms with Gasteiger partial charge in [0.1, 0.15) is 0 Å². The van der Waals surface area contributed by atoms with Gasteiger partial charge in [-0.15, -0.1) is 0 Å². The summed E-state index contributed by atoms with van der Waals surface area (Å²) in [6.45, 7) is 0.0135. The lowest BCUT2D eigenvalue weighted by Gasteiger charge is -2.03. The van der Waals surface area contributed by atoms with Gasteiger partial charge in [0.2, 0.25) is 0 Å². The van der Waals surface area contributed by atoms with Crippen molar-refractivity contribution < 1.29 is 5.11 Å². The molecular formula is C11H11NO. The molecule has 1 aromatic rings. The molecule has 0 heterocycles. The molecule has 2 rings (SSSR count). The minimum absolute atomic E-state index is 0.0135. The summed E-state index contributed by atoms with van der Waals surface area (Å²) in [7, 11) is 0. The highest BCUT2D eigenvalue weighted by Gasteiger charge is 2.25. The first kappa shape index (κ1) is 8.28. The molecule has 0 amide bonds. The lowest BCUT2D eigenvalue weighted by Crippen LogP contribution is -1.90. The quantitative estimate of drug-likeness (QED) is 0.742. The second kappa shape index (κ2) is 3.20. The van der Waals surface area contributed by atoms with Crippen LogP contribution in [0.2, 0.25) is 0 Å². The Morgan fingerprint density at radius 1 is 1.46 bits per heavy atom. The Morgan fingerprint density at radius 2 is 2.23 bits per heavy atom.